The molecule has 33 heavy (non-hydrogen) atoms. The number of piperidine rings is 1. The number of benzene rings is 2. The van der Waals surface area contributed by atoms with Crippen LogP contribution < -0.4 is 5.32 Å². The molecule has 0 spiro atoms. The fourth-order valence-corrected chi connectivity index (χ4v) is 7.13. The first kappa shape index (κ1) is 22.4. The summed E-state index contributed by atoms with van der Waals surface area (Å²) in [6.45, 7) is 4.28. The molecule has 7 nitrogen and oxygen atoms in total. The van der Waals surface area contributed by atoms with Crippen LogP contribution in [0.1, 0.15) is 30.9 Å². The molecular formula is C24H27N3O4S2. The van der Waals surface area contributed by atoms with Gasteiger partial charge in [0.05, 0.1) is 10.6 Å². The van der Waals surface area contributed by atoms with Gasteiger partial charge in [-0.3, -0.25) is 9.59 Å². The van der Waals surface area contributed by atoms with E-state index in [4.69, 9.17) is 0 Å². The van der Waals surface area contributed by atoms with Gasteiger partial charge in [-0.25, -0.2) is 8.42 Å². The van der Waals surface area contributed by atoms with Crippen molar-refractivity contribution < 1.29 is 18.0 Å². The van der Waals surface area contributed by atoms with Crippen molar-refractivity contribution in [3.63, 3.8) is 0 Å². The van der Waals surface area contributed by atoms with E-state index in [9.17, 15) is 18.0 Å². The Balaban J connectivity index is 1.34. The summed E-state index contributed by atoms with van der Waals surface area (Å²) in [5.74, 6) is 0.0349. The molecule has 2 aromatic rings. The van der Waals surface area contributed by atoms with E-state index in [2.05, 4.69) is 12.2 Å². The van der Waals surface area contributed by atoms with E-state index in [0.29, 0.717) is 49.1 Å². The van der Waals surface area contributed by atoms with Gasteiger partial charge in [-0.05, 0) is 54.5 Å². The third-order valence-electron chi connectivity index (χ3n) is 6.74. The highest BCUT2D eigenvalue weighted by atomic mass is 32.2. The van der Waals surface area contributed by atoms with Crippen molar-refractivity contribution in [2.75, 3.05) is 25.0 Å². The number of nitrogens with one attached hydrogen (secondary N) is 1. The molecule has 0 bridgehead atoms. The van der Waals surface area contributed by atoms with Gasteiger partial charge in [0.25, 0.3) is 0 Å². The highest BCUT2D eigenvalue weighted by molar-refractivity contribution is 8.01. The lowest BCUT2D eigenvalue weighted by atomic mass is 9.99. The van der Waals surface area contributed by atoms with Crippen LogP contribution in [0, 0.1) is 5.92 Å². The molecule has 2 amide bonds. The van der Waals surface area contributed by atoms with Gasteiger partial charge < -0.3 is 10.2 Å². The van der Waals surface area contributed by atoms with E-state index >= 15 is 0 Å². The number of fused-ring (bicyclic) bond motifs is 2. The number of thioether (sulfide) groups is 1. The van der Waals surface area contributed by atoms with E-state index in [1.807, 2.05) is 24.3 Å². The van der Waals surface area contributed by atoms with Crippen LogP contribution in [0.4, 0.5) is 5.69 Å². The summed E-state index contributed by atoms with van der Waals surface area (Å²) < 4.78 is 28.1. The summed E-state index contributed by atoms with van der Waals surface area (Å²) in [4.78, 5) is 28.4. The molecule has 1 saturated heterocycles. The van der Waals surface area contributed by atoms with E-state index < -0.39 is 21.2 Å². The van der Waals surface area contributed by atoms with Crippen LogP contribution in [0.2, 0.25) is 0 Å². The molecule has 1 fully saturated rings. The number of rotatable bonds is 3. The molecule has 3 heterocycles. The quantitative estimate of drug-likeness (QED) is 0.675. The van der Waals surface area contributed by atoms with Crippen molar-refractivity contribution in [2.24, 2.45) is 5.92 Å². The number of anilines is 1. The van der Waals surface area contributed by atoms with Crippen LogP contribution in [-0.2, 0) is 32.6 Å². The van der Waals surface area contributed by atoms with E-state index in [0.717, 1.165) is 18.4 Å². The molecule has 1 atom stereocenters. The highest BCUT2D eigenvalue weighted by Gasteiger charge is 2.37. The Kier molecular flexibility index (Phi) is 5.96. The average Bonchev–Trinajstić information content (AvgIpc) is 2.83. The second-order valence-electron chi connectivity index (χ2n) is 9.01. The molecule has 9 heteroatoms. The van der Waals surface area contributed by atoms with Crippen molar-refractivity contribution >= 4 is 39.3 Å². The largest absolute Gasteiger partial charge is 0.341 e. The lowest BCUT2D eigenvalue weighted by Gasteiger charge is -2.34. The van der Waals surface area contributed by atoms with Gasteiger partial charge in [0.1, 0.15) is 0 Å². The maximum absolute atomic E-state index is 13.3. The Morgan fingerprint density at radius 3 is 2.55 bits per heavy atom. The summed E-state index contributed by atoms with van der Waals surface area (Å²) in [5.41, 5.74) is 2.64. The predicted octanol–water partition coefficient (Wildman–Crippen LogP) is 3.10. The molecule has 1 N–H and O–H groups in total. The summed E-state index contributed by atoms with van der Waals surface area (Å²) in [6.07, 6.45) is 2.57. The molecule has 3 aliphatic heterocycles. The zero-order valence-corrected chi connectivity index (χ0v) is 20.1. The zero-order valence-electron chi connectivity index (χ0n) is 18.5. The van der Waals surface area contributed by atoms with Crippen LogP contribution in [0.15, 0.2) is 52.3 Å². The van der Waals surface area contributed by atoms with Crippen LogP contribution in [0.5, 0.6) is 0 Å². The fourth-order valence-electron chi connectivity index (χ4n) is 4.63. The molecule has 0 unspecified atom stereocenters. The number of sulfonamides is 1. The molecule has 0 aliphatic carbocycles. The SMILES string of the molecule is CC1CCN(C(=O)[C@@H]2Sc3ccc(S(=O)(=O)N4CCc5ccccc5C4)cc3NC2=O)CC1. The summed E-state index contributed by atoms with van der Waals surface area (Å²) in [5, 5.41) is 1.94. The molecule has 2 aromatic carbocycles. The lowest BCUT2D eigenvalue weighted by Crippen LogP contribution is -2.47. The third kappa shape index (κ3) is 4.29. The lowest BCUT2D eigenvalue weighted by molar-refractivity contribution is -0.135. The molecule has 3 aliphatic rings. The predicted molar refractivity (Wildman–Crippen MR) is 127 cm³/mol. The topological polar surface area (TPSA) is 86.8 Å². The van der Waals surface area contributed by atoms with Crippen LogP contribution in [0.3, 0.4) is 0 Å². The zero-order chi connectivity index (χ0) is 23.2. The maximum atomic E-state index is 13.3. The first-order valence-corrected chi connectivity index (χ1v) is 13.6. The van der Waals surface area contributed by atoms with Crippen LogP contribution in [0.25, 0.3) is 0 Å². The Labute approximate surface area is 198 Å². The number of nitrogens with zero attached hydrogens (tertiary/aromatic N) is 2. The van der Waals surface area contributed by atoms with Gasteiger partial charge in [-0.2, -0.15) is 4.31 Å². The summed E-state index contributed by atoms with van der Waals surface area (Å²) in [6, 6.07) is 12.7. The van der Waals surface area contributed by atoms with E-state index in [1.54, 1.807) is 17.0 Å². The number of hydrogen-bond donors (Lipinski definition) is 1. The fraction of sp³-hybridized carbons (Fsp3) is 0.417. The van der Waals surface area contributed by atoms with Crippen molar-refractivity contribution in [1.29, 1.82) is 0 Å². The van der Waals surface area contributed by atoms with Crippen molar-refractivity contribution in [2.45, 2.75) is 47.8 Å². The van der Waals surface area contributed by atoms with E-state index in [-0.39, 0.29) is 10.8 Å². The first-order valence-electron chi connectivity index (χ1n) is 11.3. The summed E-state index contributed by atoms with van der Waals surface area (Å²) >= 11 is 1.20. The van der Waals surface area contributed by atoms with Gasteiger partial charge in [0.2, 0.25) is 21.8 Å². The number of carbonyl (C=O) groups is 2. The van der Waals surface area contributed by atoms with Crippen LogP contribution in [-0.4, -0.2) is 54.3 Å². The van der Waals surface area contributed by atoms with Crippen LogP contribution >= 0.6 is 11.8 Å². The Morgan fingerprint density at radius 1 is 1.06 bits per heavy atom. The van der Waals surface area contributed by atoms with Crippen molar-refractivity contribution in [3.8, 4) is 0 Å². The minimum atomic E-state index is -3.71. The minimum absolute atomic E-state index is 0.149. The van der Waals surface area contributed by atoms with Gasteiger partial charge in [0.15, 0.2) is 5.25 Å². The third-order valence-corrected chi connectivity index (χ3v) is 9.85. The molecular weight excluding hydrogens is 458 g/mol. The second kappa shape index (κ2) is 8.77. The molecule has 174 valence electrons. The Hall–Kier alpha value is -2.36. The first-order chi connectivity index (χ1) is 15.8. The van der Waals surface area contributed by atoms with Gasteiger partial charge in [-0.15, -0.1) is 11.8 Å². The molecule has 5 rings (SSSR count). The maximum Gasteiger partial charge on any atom is 0.247 e. The summed E-state index contributed by atoms with van der Waals surface area (Å²) in [7, 11) is -3.71. The monoisotopic (exact) mass is 485 g/mol. The number of amides is 2. The van der Waals surface area contributed by atoms with Gasteiger partial charge >= 0.3 is 0 Å². The normalized spacial score (nSPS) is 21.8. The number of likely N-dealkylation sites (tertiary alicyclic amines) is 1. The number of hydrogen-bond acceptors (Lipinski definition) is 5. The molecule has 0 aromatic heterocycles. The average molecular weight is 486 g/mol. The molecule has 0 saturated carbocycles. The van der Waals surface area contributed by atoms with Crippen molar-refractivity contribution in [1.82, 2.24) is 9.21 Å². The standard InChI is InChI=1S/C24H27N3O4S2/c1-16-8-11-26(12-9-16)24(29)22-23(28)25-20-14-19(6-7-21(20)32-22)33(30,31)27-13-10-17-4-2-3-5-18(17)15-27/h2-7,14,16,22H,8-13,15H2,1H3,(H,25,28)/t22-/m1/s1. The Morgan fingerprint density at radius 2 is 1.79 bits per heavy atom. The van der Waals surface area contributed by atoms with Gasteiger partial charge in [-0.1, -0.05) is 31.2 Å². The minimum Gasteiger partial charge on any atom is -0.341 e. The van der Waals surface area contributed by atoms with E-state index in [1.165, 1.54) is 27.7 Å². The van der Waals surface area contributed by atoms with Gasteiger partial charge in [0, 0.05) is 31.1 Å². The smallest absolute Gasteiger partial charge is 0.247 e. The molecule has 0 radical (unpaired) electrons. The number of carbonyl (C=O) groups excluding carboxylic acids is 2. The van der Waals surface area contributed by atoms with Crippen molar-refractivity contribution in [3.05, 3.63) is 53.6 Å². The highest BCUT2D eigenvalue weighted by Crippen LogP contribution is 2.39. The Bertz CT molecular complexity index is 1210. The second-order valence-corrected chi connectivity index (χ2v) is 12.1.